The molecule has 1 aromatic rings. The molecule has 0 atom stereocenters. The Morgan fingerprint density at radius 2 is 2.11 bits per heavy atom. The summed E-state index contributed by atoms with van der Waals surface area (Å²) in [5.41, 5.74) is 1.47. The lowest BCUT2D eigenvalue weighted by Crippen LogP contribution is -2.46. The van der Waals surface area contributed by atoms with Crippen molar-refractivity contribution in [2.24, 2.45) is 0 Å². The molecule has 1 aliphatic heterocycles. The standard InChI is InChI=1S/C14H19ClN2O2/c1-3-19-13-8-10(2)12(15)9-11(13)14(18)17-6-4-16-5-7-17/h8-9,16H,3-7H2,1-2H3. The molecule has 0 saturated carbocycles. The molecule has 0 radical (unpaired) electrons. The van der Waals surface area contributed by atoms with Crippen LogP contribution in [0.4, 0.5) is 0 Å². The molecule has 2 rings (SSSR count). The predicted octanol–water partition coefficient (Wildman–Crippen LogP) is 2.09. The van der Waals surface area contributed by atoms with Crippen LogP contribution in [0.5, 0.6) is 5.75 Å². The highest BCUT2D eigenvalue weighted by Gasteiger charge is 2.22. The number of amides is 1. The lowest BCUT2D eigenvalue weighted by molar-refractivity contribution is 0.0731. The van der Waals surface area contributed by atoms with E-state index in [0.717, 1.165) is 31.7 Å². The minimum Gasteiger partial charge on any atom is -0.493 e. The van der Waals surface area contributed by atoms with E-state index in [1.807, 2.05) is 24.8 Å². The lowest BCUT2D eigenvalue weighted by atomic mass is 10.1. The Morgan fingerprint density at radius 1 is 1.42 bits per heavy atom. The summed E-state index contributed by atoms with van der Waals surface area (Å²) in [7, 11) is 0. The highest BCUT2D eigenvalue weighted by Crippen LogP contribution is 2.28. The van der Waals surface area contributed by atoms with Crippen LogP contribution >= 0.6 is 11.6 Å². The van der Waals surface area contributed by atoms with Gasteiger partial charge in [0.1, 0.15) is 5.75 Å². The van der Waals surface area contributed by atoms with Crippen molar-refractivity contribution in [3.05, 3.63) is 28.3 Å². The van der Waals surface area contributed by atoms with E-state index in [-0.39, 0.29) is 5.91 Å². The summed E-state index contributed by atoms with van der Waals surface area (Å²) in [6.45, 7) is 7.44. The summed E-state index contributed by atoms with van der Waals surface area (Å²) in [4.78, 5) is 14.4. The van der Waals surface area contributed by atoms with Gasteiger partial charge in [-0.05, 0) is 31.5 Å². The molecule has 1 aliphatic rings. The van der Waals surface area contributed by atoms with Crippen LogP contribution in [0.3, 0.4) is 0 Å². The first-order chi connectivity index (χ1) is 9.13. The number of carbonyl (C=O) groups excluding carboxylic acids is 1. The van der Waals surface area contributed by atoms with Gasteiger partial charge in [-0.3, -0.25) is 4.79 Å². The van der Waals surface area contributed by atoms with E-state index in [9.17, 15) is 4.79 Å². The molecule has 0 spiro atoms. The Labute approximate surface area is 118 Å². The van der Waals surface area contributed by atoms with E-state index in [0.29, 0.717) is 22.9 Å². The first kappa shape index (κ1) is 14.2. The van der Waals surface area contributed by atoms with Gasteiger partial charge in [0.2, 0.25) is 0 Å². The minimum atomic E-state index is -0.00755. The van der Waals surface area contributed by atoms with Gasteiger partial charge >= 0.3 is 0 Å². The molecule has 0 aromatic heterocycles. The zero-order chi connectivity index (χ0) is 13.8. The smallest absolute Gasteiger partial charge is 0.257 e. The van der Waals surface area contributed by atoms with Crippen LogP contribution in [0.2, 0.25) is 5.02 Å². The number of aryl methyl sites for hydroxylation is 1. The molecule has 1 heterocycles. The van der Waals surface area contributed by atoms with Crippen LogP contribution < -0.4 is 10.1 Å². The third kappa shape index (κ3) is 3.19. The van der Waals surface area contributed by atoms with Gasteiger partial charge in [-0.25, -0.2) is 0 Å². The van der Waals surface area contributed by atoms with Crippen molar-refractivity contribution >= 4 is 17.5 Å². The van der Waals surface area contributed by atoms with Crippen molar-refractivity contribution in [2.75, 3.05) is 32.8 Å². The first-order valence-corrected chi connectivity index (χ1v) is 6.94. The van der Waals surface area contributed by atoms with E-state index >= 15 is 0 Å². The summed E-state index contributed by atoms with van der Waals surface area (Å²) in [5.74, 6) is 0.611. The van der Waals surface area contributed by atoms with Crippen molar-refractivity contribution in [1.82, 2.24) is 10.2 Å². The number of hydrogen-bond acceptors (Lipinski definition) is 3. The first-order valence-electron chi connectivity index (χ1n) is 6.56. The van der Waals surface area contributed by atoms with Gasteiger partial charge in [-0.2, -0.15) is 0 Å². The number of ether oxygens (including phenoxy) is 1. The zero-order valence-electron chi connectivity index (χ0n) is 11.3. The molecular weight excluding hydrogens is 264 g/mol. The van der Waals surface area contributed by atoms with E-state index in [4.69, 9.17) is 16.3 Å². The summed E-state index contributed by atoms with van der Waals surface area (Å²) < 4.78 is 5.56. The highest BCUT2D eigenvalue weighted by atomic mass is 35.5. The molecular formula is C14H19ClN2O2. The Balaban J connectivity index is 2.30. The SMILES string of the molecule is CCOc1cc(C)c(Cl)cc1C(=O)N1CCNCC1. The van der Waals surface area contributed by atoms with Gasteiger partial charge in [0, 0.05) is 31.2 Å². The number of hydrogen-bond donors (Lipinski definition) is 1. The Bertz CT molecular complexity index is 471. The van der Waals surface area contributed by atoms with Crippen LogP contribution in [0.15, 0.2) is 12.1 Å². The van der Waals surface area contributed by atoms with Crippen LogP contribution in [-0.4, -0.2) is 43.6 Å². The Hall–Kier alpha value is -1.26. The van der Waals surface area contributed by atoms with Crippen LogP contribution in [0.1, 0.15) is 22.8 Å². The molecule has 1 fully saturated rings. The molecule has 4 nitrogen and oxygen atoms in total. The van der Waals surface area contributed by atoms with Crippen molar-refractivity contribution in [2.45, 2.75) is 13.8 Å². The number of benzene rings is 1. The van der Waals surface area contributed by atoms with Gasteiger partial charge in [0.05, 0.1) is 12.2 Å². The average molecular weight is 283 g/mol. The topological polar surface area (TPSA) is 41.6 Å². The second-order valence-electron chi connectivity index (χ2n) is 4.57. The van der Waals surface area contributed by atoms with Crippen molar-refractivity contribution in [3.63, 3.8) is 0 Å². The Morgan fingerprint density at radius 3 is 2.74 bits per heavy atom. The molecule has 0 unspecified atom stereocenters. The van der Waals surface area contributed by atoms with Crippen LogP contribution in [0.25, 0.3) is 0 Å². The molecule has 0 aliphatic carbocycles. The highest BCUT2D eigenvalue weighted by molar-refractivity contribution is 6.31. The van der Waals surface area contributed by atoms with Crippen LogP contribution in [-0.2, 0) is 0 Å². The number of halogens is 1. The number of piperazine rings is 1. The minimum absolute atomic E-state index is 0.00755. The number of nitrogens with one attached hydrogen (secondary N) is 1. The monoisotopic (exact) mass is 282 g/mol. The third-order valence-corrected chi connectivity index (χ3v) is 3.60. The summed E-state index contributed by atoms with van der Waals surface area (Å²) in [6.07, 6.45) is 0. The van der Waals surface area contributed by atoms with Gasteiger partial charge in [0.25, 0.3) is 5.91 Å². The third-order valence-electron chi connectivity index (χ3n) is 3.20. The van der Waals surface area contributed by atoms with Crippen molar-refractivity contribution < 1.29 is 9.53 Å². The van der Waals surface area contributed by atoms with E-state index in [1.54, 1.807) is 6.07 Å². The molecule has 1 amide bonds. The fourth-order valence-electron chi connectivity index (χ4n) is 2.14. The zero-order valence-corrected chi connectivity index (χ0v) is 12.1. The number of rotatable bonds is 3. The van der Waals surface area contributed by atoms with Crippen molar-refractivity contribution in [1.29, 1.82) is 0 Å². The fourth-order valence-corrected chi connectivity index (χ4v) is 2.30. The molecule has 104 valence electrons. The van der Waals surface area contributed by atoms with Gasteiger partial charge in [-0.15, -0.1) is 0 Å². The summed E-state index contributed by atoms with van der Waals surface area (Å²) in [5, 5.41) is 3.83. The molecule has 19 heavy (non-hydrogen) atoms. The fraction of sp³-hybridized carbons (Fsp3) is 0.500. The number of nitrogens with zero attached hydrogens (tertiary/aromatic N) is 1. The lowest BCUT2D eigenvalue weighted by Gasteiger charge is -2.28. The van der Waals surface area contributed by atoms with Crippen molar-refractivity contribution in [3.8, 4) is 5.75 Å². The second-order valence-corrected chi connectivity index (χ2v) is 4.98. The quantitative estimate of drug-likeness (QED) is 0.923. The second kappa shape index (κ2) is 6.26. The maximum atomic E-state index is 12.5. The molecule has 1 aromatic carbocycles. The summed E-state index contributed by atoms with van der Waals surface area (Å²) >= 11 is 6.13. The van der Waals surface area contributed by atoms with E-state index < -0.39 is 0 Å². The van der Waals surface area contributed by atoms with Gasteiger partial charge < -0.3 is 15.0 Å². The Kier molecular flexibility index (Phi) is 4.66. The van der Waals surface area contributed by atoms with Gasteiger partial charge in [-0.1, -0.05) is 11.6 Å². The van der Waals surface area contributed by atoms with E-state index in [2.05, 4.69) is 5.32 Å². The molecule has 1 saturated heterocycles. The maximum absolute atomic E-state index is 12.5. The number of carbonyl (C=O) groups is 1. The maximum Gasteiger partial charge on any atom is 0.257 e. The largest absolute Gasteiger partial charge is 0.493 e. The average Bonchev–Trinajstić information content (AvgIpc) is 2.43. The van der Waals surface area contributed by atoms with Gasteiger partial charge in [0.15, 0.2) is 0 Å². The molecule has 5 heteroatoms. The van der Waals surface area contributed by atoms with Crippen LogP contribution in [0, 0.1) is 6.92 Å². The van der Waals surface area contributed by atoms with E-state index in [1.165, 1.54) is 0 Å². The normalized spacial score (nSPS) is 15.4. The predicted molar refractivity (Wildman–Crippen MR) is 76.1 cm³/mol. The molecule has 1 N–H and O–H groups in total. The molecule has 0 bridgehead atoms. The summed E-state index contributed by atoms with van der Waals surface area (Å²) in [6, 6.07) is 3.55.